The van der Waals surface area contributed by atoms with E-state index >= 15 is 0 Å². The quantitative estimate of drug-likeness (QED) is 0.636. The number of carbonyl (C=O) groups is 1. The normalized spacial score (nSPS) is 14.2. The van der Waals surface area contributed by atoms with E-state index in [0.29, 0.717) is 5.82 Å². The Kier molecular flexibility index (Phi) is 4.97. The van der Waals surface area contributed by atoms with Crippen molar-refractivity contribution in [2.24, 2.45) is 0 Å². The summed E-state index contributed by atoms with van der Waals surface area (Å²) in [5.74, 6) is 0.407. The van der Waals surface area contributed by atoms with Crippen molar-refractivity contribution in [1.29, 1.82) is 0 Å². The molecule has 0 aliphatic heterocycles. The molecule has 1 saturated carbocycles. The molecular formula is C19H20N6OS. The lowest BCUT2D eigenvalue weighted by Crippen LogP contribution is -2.36. The number of nitrogens with zero attached hydrogens (tertiary/aromatic N) is 3. The van der Waals surface area contributed by atoms with Crippen LogP contribution in [0.4, 0.5) is 16.3 Å². The summed E-state index contributed by atoms with van der Waals surface area (Å²) >= 11 is 1.48. The summed E-state index contributed by atoms with van der Waals surface area (Å²) < 4.78 is 0. The van der Waals surface area contributed by atoms with Crippen LogP contribution in [-0.4, -0.2) is 27.0 Å². The first-order valence-corrected chi connectivity index (χ1v) is 9.76. The van der Waals surface area contributed by atoms with Gasteiger partial charge >= 0.3 is 6.03 Å². The summed E-state index contributed by atoms with van der Waals surface area (Å²) in [5, 5.41) is 8.66. The van der Waals surface area contributed by atoms with Crippen LogP contribution in [-0.2, 0) is 0 Å². The van der Waals surface area contributed by atoms with E-state index in [1.165, 1.54) is 30.5 Å². The number of anilines is 2. The van der Waals surface area contributed by atoms with Gasteiger partial charge in [-0.2, -0.15) is 0 Å². The number of nitrogens with two attached hydrogens (primary N) is 1. The van der Waals surface area contributed by atoms with E-state index in [0.717, 1.165) is 40.4 Å². The van der Waals surface area contributed by atoms with E-state index in [1.54, 1.807) is 6.20 Å². The Balaban J connectivity index is 1.49. The highest BCUT2D eigenvalue weighted by Gasteiger charge is 2.17. The van der Waals surface area contributed by atoms with E-state index in [2.05, 4.69) is 25.6 Å². The molecule has 4 rings (SSSR count). The number of nitrogens with one attached hydrogen (secondary N) is 2. The van der Waals surface area contributed by atoms with E-state index in [1.807, 2.05) is 29.6 Å². The lowest BCUT2D eigenvalue weighted by atomic mass is 10.1. The van der Waals surface area contributed by atoms with Crippen LogP contribution in [0.25, 0.3) is 21.8 Å². The summed E-state index contributed by atoms with van der Waals surface area (Å²) in [4.78, 5) is 24.8. The lowest BCUT2D eigenvalue weighted by molar-refractivity contribution is 0.248. The Hall–Kier alpha value is -3.00. The number of carbonyl (C=O) groups excluding carboxylic acids is 1. The highest BCUT2D eigenvalue weighted by atomic mass is 32.1. The van der Waals surface area contributed by atoms with Crippen LogP contribution < -0.4 is 16.4 Å². The Morgan fingerprint density at radius 2 is 2.11 bits per heavy atom. The van der Waals surface area contributed by atoms with E-state index in [4.69, 9.17) is 5.73 Å². The zero-order valence-corrected chi connectivity index (χ0v) is 15.5. The summed E-state index contributed by atoms with van der Waals surface area (Å²) in [6.45, 7) is 0. The van der Waals surface area contributed by atoms with Crippen LogP contribution in [0.3, 0.4) is 0 Å². The second-order valence-electron chi connectivity index (χ2n) is 6.52. The third-order valence-electron chi connectivity index (χ3n) is 4.58. The first kappa shape index (κ1) is 17.4. The first-order chi connectivity index (χ1) is 13.2. The molecule has 3 aromatic rings. The fraction of sp³-hybridized carbons (Fsp3) is 0.263. The summed E-state index contributed by atoms with van der Waals surface area (Å²) in [6, 6.07) is 7.77. The molecule has 8 heteroatoms. The molecule has 0 radical (unpaired) electrons. The summed E-state index contributed by atoms with van der Waals surface area (Å²) in [6.07, 6.45) is 7.56. The number of hydrogen-bond acceptors (Lipinski definition) is 6. The zero-order chi connectivity index (χ0) is 18.6. The van der Waals surface area contributed by atoms with Gasteiger partial charge in [0.15, 0.2) is 0 Å². The van der Waals surface area contributed by atoms with E-state index in [9.17, 15) is 4.79 Å². The lowest BCUT2D eigenvalue weighted by Gasteiger charge is -2.13. The van der Waals surface area contributed by atoms with Crippen LogP contribution in [0.2, 0.25) is 0 Å². The van der Waals surface area contributed by atoms with E-state index < -0.39 is 0 Å². The third kappa shape index (κ3) is 4.06. The van der Waals surface area contributed by atoms with Gasteiger partial charge < -0.3 is 16.4 Å². The van der Waals surface area contributed by atoms with Crippen molar-refractivity contribution in [2.75, 3.05) is 11.1 Å². The smallest absolute Gasteiger partial charge is 0.319 e. The fourth-order valence-electron chi connectivity index (χ4n) is 3.21. The van der Waals surface area contributed by atoms with Gasteiger partial charge in [-0.25, -0.2) is 19.7 Å². The number of amides is 2. The molecule has 1 aliphatic rings. The van der Waals surface area contributed by atoms with Gasteiger partial charge in [-0.05, 0) is 25.0 Å². The number of aromatic nitrogens is 3. The van der Waals surface area contributed by atoms with Gasteiger partial charge in [0.05, 0.1) is 11.3 Å². The number of thiazole rings is 1. The Bertz CT molecular complexity index is 951. The van der Waals surface area contributed by atoms with Gasteiger partial charge in [0.25, 0.3) is 0 Å². The molecule has 0 atom stereocenters. The van der Waals surface area contributed by atoms with Crippen LogP contribution in [0, 0.1) is 0 Å². The molecule has 2 heterocycles. The number of hydrogen-bond donors (Lipinski definition) is 3. The predicted molar refractivity (Wildman–Crippen MR) is 107 cm³/mol. The Morgan fingerprint density at radius 3 is 2.93 bits per heavy atom. The molecule has 0 saturated heterocycles. The van der Waals surface area contributed by atoms with Gasteiger partial charge in [0.1, 0.15) is 17.2 Å². The molecule has 7 nitrogen and oxygen atoms in total. The van der Waals surface area contributed by atoms with Crippen LogP contribution >= 0.6 is 11.3 Å². The minimum Gasteiger partial charge on any atom is -0.383 e. The van der Waals surface area contributed by atoms with E-state index in [-0.39, 0.29) is 12.1 Å². The number of nitrogen functional groups attached to an aromatic ring is 1. The second-order valence-corrected chi connectivity index (χ2v) is 7.38. The third-order valence-corrected chi connectivity index (χ3v) is 5.46. The SMILES string of the molecule is Nc1ncncc1-c1nc(-c2cccc(NC(=O)NC3CCCC3)c2)cs1. The number of urea groups is 1. The molecule has 0 spiro atoms. The van der Waals surface area contributed by atoms with Crippen molar-refractivity contribution >= 4 is 28.9 Å². The van der Waals surface area contributed by atoms with Crippen molar-refractivity contribution < 1.29 is 4.79 Å². The van der Waals surface area contributed by atoms with Gasteiger partial charge in [0.2, 0.25) is 0 Å². The fourth-order valence-corrected chi connectivity index (χ4v) is 4.06. The zero-order valence-electron chi connectivity index (χ0n) is 14.7. The molecule has 2 amide bonds. The van der Waals surface area contributed by atoms with Crippen LogP contribution in [0.15, 0.2) is 42.2 Å². The van der Waals surface area contributed by atoms with Crippen LogP contribution in [0.1, 0.15) is 25.7 Å². The molecule has 1 fully saturated rings. The molecule has 0 unspecified atom stereocenters. The minimum atomic E-state index is -0.160. The van der Waals surface area contributed by atoms with Crippen molar-refractivity contribution in [1.82, 2.24) is 20.3 Å². The Labute approximate surface area is 161 Å². The maximum absolute atomic E-state index is 12.2. The molecule has 1 aliphatic carbocycles. The molecule has 2 aromatic heterocycles. The molecule has 4 N–H and O–H groups in total. The van der Waals surface area contributed by atoms with Gasteiger partial charge in [-0.3, -0.25) is 0 Å². The Morgan fingerprint density at radius 1 is 1.26 bits per heavy atom. The number of rotatable bonds is 4. The first-order valence-electron chi connectivity index (χ1n) is 8.88. The summed E-state index contributed by atoms with van der Waals surface area (Å²) in [7, 11) is 0. The molecule has 1 aromatic carbocycles. The highest BCUT2D eigenvalue weighted by Crippen LogP contribution is 2.31. The maximum atomic E-state index is 12.2. The average Bonchev–Trinajstić information content (AvgIpc) is 3.34. The van der Waals surface area contributed by atoms with Crippen molar-refractivity contribution in [3.63, 3.8) is 0 Å². The second kappa shape index (κ2) is 7.71. The van der Waals surface area contributed by atoms with Gasteiger partial charge in [0, 0.05) is 28.9 Å². The molecular weight excluding hydrogens is 360 g/mol. The standard InChI is InChI=1S/C19H20N6OS/c20-17-15(9-21-11-22-17)18-25-16(10-27-18)12-4-3-7-14(8-12)24-19(26)23-13-5-1-2-6-13/h3-4,7-11,13H,1-2,5-6H2,(H2,20,21,22)(H2,23,24,26). The van der Waals surface area contributed by atoms with Crippen molar-refractivity contribution in [2.45, 2.75) is 31.7 Å². The summed E-state index contributed by atoms with van der Waals surface area (Å²) in [5.41, 5.74) is 9.11. The highest BCUT2D eigenvalue weighted by molar-refractivity contribution is 7.13. The van der Waals surface area contributed by atoms with Crippen molar-refractivity contribution in [3.8, 4) is 21.8 Å². The minimum absolute atomic E-state index is 0.160. The molecule has 138 valence electrons. The van der Waals surface area contributed by atoms with Crippen molar-refractivity contribution in [3.05, 3.63) is 42.2 Å². The predicted octanol–water partition coefficient (Wildman–Crippen LogP) is 3.91. The van der Waals surface area contributed by atoms with Gasteiger partial charge in [-0.1, -0.05) is 25.0 Å². The number of benzene rings is 1. The molecule has 27 heavy (non-hydrogen) atoms. The largest absolute Gasteiger partial charge is 0.383 e. The molecule has 0 bridgehead atoms. The maximum Gasteiger partial charge on any atom is 0.319 e. The van der Waals surface area contributed by atoms with Crippen LogP contribution in [0.5, 0.6) is 0 Å². The van der Waals surface area contributed by atoms with Gasteiger partial charge in [-0.15, -0.1) is 11.3 Å². The average molecular weight is 380 g/mol. The monoisotopic (exact) mass is 380 g/mol. The topological polar surface area (TPSA) is 106 Å².